The minimum absolute atomic E-state index is 0.298. The second kappa shape index (κ2) is 6.04. The minimum atomic E-state index is -0.490. The van der Waals surface area contributed by atoms with Gasteiger partial charge in [0.2, 0.25) is 0 Å². The highest BCUT2D eigenvalue weighted by molar-refractivity contribution is 7.17. The van der Waals surface area contributed by atoms with Crippen LogP contribution in [0.5, 0.6) is 5.75 Å². The highest BCUT2D eigenvalue weighted by Crippen LogP contribution is 2.39. The van der Waals surface area contributed by atoms with E-state index in [-0.39, 0.29) is 5.91 Å². The van der Waals surface area contributed by atoms with Crippen LogP contribution in [0.2, 0.25) is 0 Å². The Balaban J connectivity index is 1.96. The van der Waals surface area contributed by atoms with Gasteiger partial charge in [-0.05, 0) is 43.4 Å². The van der Waals surface area contributed by atoms with Gasteiger partial charge in [0, 0.05) is 4.88 Å². The first kappa shape index (κ1) is 15.6. The molecule has 0 fully saturated rings. The van der Waals surface area contributed by atoms with Gasteiger partial charge in [-0.25, -0.2) is 0 Å². The Morgan fingerprint density at radius 1 is 1.30 bits per heavy atom. The summed E-state index contributed by atoms with van der Waals surface area (Å²) in [6.45, 7) is 1.88. The maximum Gasteiger partial charge on any atom is 0.260 e. The van der Waals surface area contributed by atoms with Crippen LogP contribution in [0.15, 0.2) is 18.2 Å². The number of aryl methyl sites for hydroxylation is 2. The molecular formula is C17H18N2O3S. The van der Waals surface area contributed by atoms with Crippen molar-refractivity contribution in [3.8, 4) is 5.75 Å². The summed E-state index contributed by atoms with van der Waals surface area (Å²) >= 11 is 1.44. The topological polar surface area (TPSA) is 81.4 Å². The molecule has 0 unspecified atom stereocenters. The van der Waals surface area contributed by atoms with E-state index >= 15 is 0 Å². The van der Waals surface area contributed by atoms with Gasteiger partial charge in [-0.3, -0.25) is 9.59 Å². The van der Waals surface area contributed by atoms with E-state index in [1.165, 1.54) is 18.4 Å². The average Bonchev–Trinajstić information content (AvgIpc) is 3.06. The molecule has 120 valence electrons. The maximum absolute atomic E-state index is 12.6. The fraction of sp³-hybridized carbons (Fsp3) is 0.294. The first-order chi connectivity index (χ1) is 11.0. The number of nitrogens with one attached hydrogen (secondary N) is 1. The third-order valence-corrected chi connectivity index (χ3v) is 5.26. The lowest BCUT2D eigenvalue weighted by Gasteiger charge is -2.11. The zero-order chi connectivity index (χ0) is 16.6. The molecule has 0 spiro atoms. The number of carbonyl (C=O) groups is 2. The number of thiophene rings is 1. The van der Waals surface area contributed by atoms with Gasteiger partial charge < -0.3 is 15.8 Å². The lowest BCUT2D eigenvalue weighted by molar-refractivity contribution is 0.100. The molecule has 0 saturated carbocycles. The van der Waals surface area contributed by atoms with Gasteiger partial charge in [0.1, 0.15) is 10.8 Å². The van der Waals surface area contributed by atoms with E-state index < -0.39 is 5.91 Å². The molecule has 6 heteroatoms. The molecule has 1 aliphatic rings. The maximum atomic E-state index is 12.6. The SMILES string of the molecule is COc1c(C)cccc1C(=O)Nc1sc2c(c1C(N)=O)CCC2. The second-order valence-corrected chi connectivity index (χ2v) is 6.64. The van der Waals surface area contributed by atoms with Gasteiger partial charge >= 0.3 is 0 Å². The number of rotatable bonds is 4. The Bertz CT molecular complexity index is 795. The molecule has 0 bridgehead atoms. The van der Waals surface area contributed by atoms with Crippen LogP contribution in [0, 0.1) is 6.92 Å². The molecule has 3 rings (SSSR count). The summed E-state index contributed by atoms with van der Waals surface area (Å²) in [6.07, 6.45) is 2.80. The summed E-state index contributed by atoms with van der Waals surface area (Å²) in [4.78, 5) is 25.5. The molecule has 0 radical (unpaired) electrons. The number of carbonyl (C=O) groups excluding carboxylic acids is 2. The van der Waals surface area contributed by atoms with Gasteiger partial charge in [-0.15, -0.1) is 11.3 Å². The first-order valence-electron chi connectivity index (χ1n) is 7.42. The smallest absolute Gasteiger partial charge is 0.260 e. The molecular weight excluding hydrogens is 312 g/mol. The molecule has 5 nitrogen and oxygen atoms in total. The number of fused-ring (bicyclic) bond motifs is 1. The number of amides is 2. The van der Waals surface area contributed by atoms with Crippen molar-refractivity contribution in [2.45, 2.75) is 26.2 Å². The van der Waals surface area contributed by atoms with E-state index in [1.54, 1.807) is 12.1 Å². The Labute approximate surface area is 138 Å². The van der Waals surface area contributed by atoms with Gasteiger partial charge in [-0.1, -0.05) is 12.1 Å². The predicted molar refractivity (Wildman–Crippen MR) is 90.5 cm³/mol. The average molecular weight is 330 g/mol. The van der Waals surface area contributed by atoms with Crippen molar-refractivity contribution in [2.24, 2.45) is 5.73 Å². The number of hydrogen-bond donors (Lipinski definition) is 2. The predicted octanol–water partition coefficient (Wildman–Crippen LogP) is 2.91. The van der Waals surface area contributed by atoms with Crippen molar-refractivity contribution in [2.75, 3.05) is 12.4 Å². The fourth-order valence-corrected chi connectivity index (χ4v) is 4.32. The van der Waals surface area contributed by atoms with Crippen LogP contribution in [-0.2, 0) is 12.8 Å². The number of anilines is 1. The van der Waals surface area contributed by atoms with Crippen LogP contribution < -0.4 is 15.8 Å². The van der Waals surface area contributed by atoms with Crippen molar-refractivity contribution in [3.63, 3.8) is 0 Å². The highest BCUT2D eigenvalue weighted by Gasteiger charge is 2.26. The van der Waals surface area contributed by atoms with Crippen LogP contribution in [0.1, 0.15) is 43.1 Å². The summed E-state index contributed by atoms with van der Waals surface area (Å²) in [7, 11) is 1.54. The van der Waals surface area contributed by atoms with Gasteiger partial charge in [-0.2, -0.15) is 0 Å². The molecule has 1 heterocycles. The summed E-state index contributed by atoms with van der Waals surface area (Å²) in [5.41, 5.74) is 8.29. The molecule has 23 heavy (non-hydrogen) atoms. The largest absolute Gasteiger partial charge is 0.496 e. The van der Waals surface area contributed by atoms with E-state index in [2.05, 4.69) is 5.32 Å². The summed E-state index contributed by atoms with van der Waals surface area (Å²) < 4.78 is 5.32. The van der Waals surface area contributed by atoms with E-state index in [0.29, 0.717) is 21.9 Å². The van der Waals surface area contributed by atoms with Crippen molar-refractivity contribution in [3.05, 3.63) is 45.3 Å². The lowest BCUT2D eigenvalue weighted by Crippen LogP contribution is -2.18. The number of nitrogens with two attached hydrogens (primary N) is 1. The summed E-state index contributed by atoms with van der Waals surface area (Å²) in [5, 5.41) is 3.38. The normalized spacial score (nSPS) is 12.8. The number of ether oxygens (including phenoxy) is 1. The molecule has 0 atom stereocenters. The van der Waals surface area contributed by atoms with Crippen molar-refractivity contribution in [1.82, 2.24) is 0 Å². The third-order valence-electron chi connectivity index (χ3n) is 4.06. The van der Waals surface area contributed by atoms with Crippen LogP contribution in [-0.4, -0.2) is 18.9 Å². The molecule has 1 aromatic heterocycles. The van der Waals surface area contributed by atoms with Crippen molar-refractivity contribution >= 4 is 28.2 Å². The Morgan fingerprint density at radius 3 is 2.78 bits per heavy atom. The fourth-order valence-electron chi connectivity index (χ4n) is 3.03. The highest BCUT2D eigenvalue weighted by atomic mass is 32.1. The van der Waals surface area contributed by atoms with Gasteiger partial charge in [0.15, 0.2) is 0 Å². The number of methoxy groups -OCH3 is 1. The zero-order valence-electron chi connectivity index (χ0n) is 13.1. The summed E-state index contributed by atoms with van der Waals surface area (Å²) in [5.74, 6) is -0.251. The van der Waals surface area contributed by atoms with E-state index in [4.69, 9.17) is 10.5 Å². The van der Waals surface area contributed by atoms with Crippen LogP contribution >= 0.6 is 11.3 Å². The molecule has 0 saturated heterocycles. The van der Waals surface area contributed by atoms with E-state index in [1.807, 2.05) is 13.0 Å². The Kier molecular flexibility index (Phi) is 4.09. The standard InChI is InChI=1S/C17H18N2O3S/c1-9-5-3-7-11(14(9)22-2)16(21)19-17-13(15(18)20)10-6-4-8-12(10)23-17/h3,5,7H,4,6,8H2,1-2H3,(H2,18,20)(H,19,21). The van der Waals surface area contributed by atoms with Crippen molar-refractivity contribution in [1.29, 1.82) is 0 Å². The molecule has 1 aliphatic carbocycles. The first-order valence-corrected chi connectivity index (χ1v) is 8.24. The van der Waals surface area contributed by atoms with E-state index in [0.717, 1.165) is 35.3 Å². The molecule has 2 amide bonds. The minimum Gasteiger partial charge on any atom is -0.496 e. The Morgan fingerprint density at radius 2 is 2.09 bits per heavy atom. The zero-order valence-corrected chi connectivity index (χ0v) is 13.9. The molecule has 0 aliphatic heterocycles. The molecule has 3 N–H and O–H groups in total. The van der Waals surface area contributed by atoms with E-state index in [9.17, 15) is 9.59 Å². The third kappa shape index (κ3) is 2.70. The quantitative estimate of drug-likeness (QED) is 0.904. The lowest BCUT2D eigenvalue weighted by atomic mass is 10.1. The van der Waals surface area contributed by atoms with Gasteiger partial charge in [0.25, 0.3) is 11.8 Å². The summed E-state index contributed by atoms with van der Waals surface area (Å²) in [6, 6.07) is 5.38. The number of hydrogen-bond acceptors (Lipinski definition) is 4. The number of primary amides is 1. The van der Waals surface area contributed by atoms with Crippen LogP contribution in [0.25, 0.3) is 0 Å². The van der Waals surface area contributed by atoms with Crippen LogP contribution in [0.3, 0.4) is 0 Å². The number of para-hydroxylation sites is 1. The molecule has 2 aromatic rings. The monoisotopic (exact) mass is 330 g/mol. The number of benzene rings is 1. The second-order valence-electron chi connectivity index (χ2n) is 5.54. The Hall–Kier alpha value is -2.34. The van der Waals surface area contributed by atoms with Crippen molar-refractivity contribution < 1.29 is 14.3 Å². The molecule has 1 aromatic carbocycles. The van der Waals surface area contributed by atoms with Gasteiger partial charge in [0.05, 0.1) is 18.2 Å². The van der Waals surface area contributed by atoms with Crippen LogP contribution in [0.4, 0.5) is 5.00 Å².